The normalized spacial score (nSPS) is 54.7. The first kappa shape index (κ1) is 13.1. The number of allylic oxidation sites excluding steroid dienone is 4. The van der Waals surface area contributed by atoms with Crippen molar-refractivity contribution < 1.29 is 0 Å². The lowest BCUT2D eigenvalue weighted by atomic mass is 9.37. The van der Waals surface area contributed by atoms with Gasteiger partial charge in [0.1, 0.15) is 0 Å². The summed E-state index contributed by atoms with van der Waals surface area (Å²) in [5.41, 5.74) is 6.11. The molecule has 2 heteroatoms. The van der Waals surface area contributed by atoms with Gasteiger partial charge in [-0.1, -0.05) is 25.0 Å². The van der Waals surface area contributed by atoms with Crippen LogP contribution in [0.5, 0.6) is 0 Å². The first-order chi connectivity index (χ1) is 8.04. The smallest absolute Gasteiger partial charge is 0.0893 e. The van der Waals surface area contributed by atoms with Gasteiger partial charge in [-0.3, -0.25) is 0 Å². The molecule has 3 aliphatic rings. The van der Waals surface area contributed by atoms with E-state index in [9.17, 15) is 0 Å². The van der Waals surface area contributed by atoms with Crippen LogP contribution in [0.3, 0.4) is 0 Å². The molecule has 0 heterocycles. The van der Waals surface area contributed by atoms with Crippen LogP contribution >= 0.6 is 23.2 Å². The fourth-order valence-corrected chi connectivity index (χ4v) is 6.13. The molecule has 100 valence electrons. The lowest BCUT2D eigenvalue weighted by Gasteiger charge is -2.71. The van der Waals surface area contributed by atoms with Gasteiger partial charge >= 0.3 is 0 Å². The summed E-state index contributed by atoms with van der Waals surface area (Å²) in [6.45, 7) is 13.6. The van der Waals surface area contributed by atoms with Crippen LogP contribution in [0.4, 0.5) is 0 Å². The van der Waals surface area contributed by atoms with Gasteiger partial charge in [-0.25, -0.2) is 0 Å². The van der Waals surface area contributed by atoms with Crippen molar-refractivity contribution in [2.75, 3.05) is 0 Å². The molecule has 0 amide bonds. The van der Waals surface area contributed by atoms with Crippen LogP contribution in [-0.4, -0.2) is 9.75 Å². The lowest BCUT2D eigenvalue weighted by Crippen LogP contribution is -2.69. The fraction of sp³-hybridized carbons (Fsp3) is 0.750. The van der Waals surface area contributed by atoms with Gasteiger partial charge in [-0.05, 0) is 62.5 Å². The van der Waals surface area contributed by atoms with Gasteiger partial charge in [0.05, 0.1) is 9.75 Å². The molecule has 0 saturated heterocycles. The number of halogens is 2. The summed E-state index contributed by atoms with van der Waals surface area (Å²) in [5, 5.41) is 0. The largest absolute Gasteiger partial charge is 0.112 e. The molecule has 0 nitrogen and oxygen atoms in total. The molecule has 18 heavy (non-hydrogen) atoms. The molecule has 0 aliphatic heterocycles. The van der Waals surface area contributed by atoms with Crippen LogP contribution in [0.2, 0.25) is 0 Å². The van der Waals surface area contributed by atoms with Crippen LogP contribution in [0.25, 0.3) is 0 Å². The Kier molecular flexibility index (Phi) is 2.20. The van der Waals surface area contributed by atoms with E-state index in [1.165, 1.54) is 22.3 Å². The molecular weight excluding hydrogens is 263 g/mol. The SMILES string of the molecule is CC1=C(C)[C@]2(C)C[C@]3(Cl)C(C)=C(C)[C@@]3(Cl)C[C@@]12C. The van der Waals surface area contributed by atoms with Gasteiger partial charge in [-0.15, -0.1) is 23.2 Å². The Morgan fingerprint density at radius 3 is 1.22 bits per heavy atom. The Bertz CT molecular complexity index is 437. The second kappa shape index (κ2) is 3.04. The fourth-order valence-electron chi connectivity index (χ4n) is 4.89. The Balaban J connectivity index is 2.16. The summed E-state index contributed by atoms with van der Waals surface area (Å²) >= 11 is 13.9. The first-order valence-corrected chi connectivity index (χ1v) is 7.55. The van der Waals surface area contributed by atoms with E-state index < -0.39 is 0 Å². The molecule has 0 aromatic heterocycles. The van der Waals surface area contributed by atoms with Gasteiger partial charge in [0, 0.05) is 0 Å². The molecule has 0 unspecified atom stereocenters. The molecule has 1 fully saturated rings. The maximum absolute atomic E-state index is 6.94. The van der Waals surface area contributed by atoms with Crippen molar-refractivity contribution in [3.63, 3.8) is 0 Å². The zero-order valence-electron chi connectivity index (χ0n) is 12.2. The number of hydrogen-bond acceptors (Lipinski definition) is 0. The summed E-state index contributed by atoms with van der Waals surface area (Å²) in [7, 11) is 0. The third-order valence-electron chi connectivity index (χ3n) is 7.01. The van der Waals surface area contributed by atoms with Crippen LogP contribution in [0.1, 0.15) is 54.4 Å². The van der Waals surface area contributed by atoms with Crippen molar-refractivity contribution >= 4 is 23.2 Å². The predicted octanol–water partition coefficient (Wildman–Crippen LogP) is 5.45. The molecule has 1 saturated carbocycles. The zero-order valence-corrected chi connectivity index (χ0v) is 13.7. The van der Waals surface area contributed by atoms with E-state index in [1.807, 2.05) is 0 Å². The van der Waals surface area contributed by atoms with Gasteiger partial charge in [0.2, 0.25) is 0 Å². The number of rotatable bonds is 0. The minimum absolute atomic E-state index is 0.221. The van der Waals surface area contributed by atoms with Gasteiger partial charge in [0.15, 0.2) is 0 Å². The van der Waals surface area contributed by atoms with E-state index in [0.29, 0.717) is 0 Å². The number of hydrogen-bond donors (Lipinski definition) is 0. The minimum Gasteiger partial charge on any atom is -0.112 e. The minimum atomic E-state index is -0.325. The molecule has 0 spiro atoms. The monoisotopic (exact) mass is 284 g/mol. The average Bonchev–Trinajstić information content (AvgIpc) is 2.33. The van der Waals surface area contributed by atoms with Crippen LogP contribution in [0.15, 0.2) is 22.3 Å². The molecule has 3 rings (SSSR count). The Hall–Kier alpha value is 0.0600. The molecule has 0 aromatic carbocycles. The summed E-state index contributed by atoms with van der Waals surface area (Å²) in [6, 6.07) is 0. The highest BCUT2D eigenvalue weighted by Crippen LogP contribution is 2.77. The van der Waals surface area contributed by atoms with Crippen LogP contribution in [-0.2, 0) is 0 Å². The van der Waals surface area contributed by atoms with E-state index in [-0.39, 0.29) is 20.6 Å². The number of fused-ring (bicyclic) bond motifs is 2. The molecule has 0 aromatic rings. The zero-order chi connectivity index (χ0) is 13.7. The third-order valence-corrected chi connectivity index (χ3v) is 8.59. The van der Waals surface area contributed by atoms with Crippen LogP contribution in [0, 0.1) is 10.8 Å². The summed E-state index contributed by atoms with van der Waals surface area (Å²) in [6.07, 6.45) is 1.96. The highest BCUT2D eigenvalue weighted by molar-refractivity contribution is 6.40. The third kappa shape index (κ3) is 0.946. The Morgan fingerprint density at radius 1 is 0.667 bits per heavy atom. The summed E-state index contributed by atoms with van der Waals surface area (Å²) in [5.74, 6) is 0. The topological polar surface area (TPSA) is 0 Å². The van der Waals surface area contributed by atoms with Crippen molar-refractivity contribution in [3.8, 4) is 0 Å². The van der Waals surface area contributed by atoms with Crippen molar-refractivity contribution in [1.82, 2.24) is 0 Å². The molecule has 4 atom stereocenters. The van der Waals surface area contributed by atoms with Crippen molar-refractivity contribution in [3.05, 3.63) is 22.3 Å². The second-order valence-electron chi connectivity index (χ2n) is 7.12. The second-order valence-corrected chi connectivity index (χ2v) is 8.41. The highest BCUT2D eigenvalue weighted by atomic mass is 35.5. The molecule has 0 N–H and O–H groups in total. The number of alkyl halides is 2. The standard InChI is InChI=1S/C16H22Cl2/c1-9-10(2)14(6)8-16(18)12(4)11(3)15(16,17)7-13(9,14)5/h7-8H2,1-6H3/t13-,14-,15-,16-/m0/s1. The molecule has 0 radical (unpaired) electrons. The Labute approximate surface area is 120 Å². The van der Waals surface area contributed by atoms with Gasteiger partial charge in [-0.2, -0.15) is 0 Å². The maximum Gasteiger partial charge on any atom is 0.0893 e. The average molecular weight is 285 g/mol. The van der Waals surface area contributed by atoms with Crippen molar-refractivity contribution in [2.45, 2.75) is 64.1 Å². The predicted molar refractivity (Wildman–Crippen MR) is 79.4 cm³/mol. The van der Waals surface area contributed by atoms with E-state index in [4.69, 9.17) is 23.2 Å². The van der Waals surface area contributed by atoms with Gasteiger partial charge < -0.3 is 0 Å². The van der Waals surface area contributed by atoms with E-state index >= 15 is 0 Å². The quantitative estimate of drug-likeness (QED) is 0.410. The van der Waals surface area contributed by atoms with E-state index in [1.54, 1.807) is 0 Å². The van der Waals surface area contributed by atoms with Crippen molar-refractivity contribution in [1.29, 1.82) is 0 Å². The Morgan fingerprint density at radius 2 is 0.944 bits per heavy atom. The van der Waals surface area contributed by atoms with Gasteiger partial charge in [0.25, 0.3) is 0 Å². The first-order valence-electron chi connectivity index (χ1n) is 6.79. The lowest BCUT2D eigenvalue weighted by molar-refractivity contribution is 0.00364. The van der Waals surface area contributed by atoms with E-state index in [2.05, 4.69) is 41.5 Å². The van der Waals surface area contributed by atoms with E-state index in [0.717, 1.165) is 12.8 Å². The highest BCUT2D eigenvalue weighted by Gasteiger charge is 2.73. The molecule has 3 aliphatic carbocycles. The molecular formula is C16H22Cl2. The molecule has 0 bridgehead atoms. The summed E-state index contributed by atoms with van der Waals surface area (Å²) < 4.78 is 0. The maximum atomic E-state index is 6.94. The van der Waals surface area contributed by atoms with Crippen molar-refractivity contribution in [2.24, 2.45) is 10.8 Å². The van der Waals surface area contributed by atoms with Crippen LogP contribution < -0.4 is 0 Å². The summed E-state index contributed by atoms with van der Waals surface area (Å²) in [4.78, 5) is -0.649.